The summed E-state index contributed by atoms with van der Waals surface area (Å²) in [5.41, 5.74) is 6.07. The number of phenols is 1. The zero-order chi connectivity index (χ0) is 13.7. The Kier molecular flexibility index (Phi) is 3.30. The lowest BCUT2D eigenvalue weighted by Crippen LogP contribution is -2.00. The van der Waals surface area contributed by atoms with Crippen LogP contribution in [0.5, 0.6) is 5.75 Å². The van der Waals surface area contributed by atoms with Crippen molar-refractivity contribution < 1.29 is 18.1 Å². The molecule has 0 saturated carbocycles. The van der Waals surface area contributed by atoms with Crippen molar-refractivity contribution in [2.24, 2.45) is 0 Å². The molecule has 8 heteroatoms. The molecule has 0 unspecified atom stereocenters. The predicted octanol–water partition coefficient (Wildman–Crippen LogP) is 2.90. The van der Waals surface area contributed by atoms with Crippen LogP contribution < -0.4 is 5.73 Å². The Morgan fingerprint density at radius 2 is 1.72 bits per heavy atom. The van der Waals surface area contributed by atoms with Crippen molar-refractivity contribution in [2.75, 3.05) is 5.73 Å². The third-order valence-corrected chi connectivity index (χ3v) is 5.27. The molecule has 0 amide bonds. The maximum absolute atomic E-state index is 11.2. The molecular formula is C10H7Br2NO4S. The third kappa shape index (κ3) is 2.09. The average Bonchev–Trinajstić information content (AvgIpc) is 2.26. The molecule has 0 aromatic heterocycles. The summed E-state index contributed by atoms with van der Waals surface area (Å²) in [5.74, 6) is -0.277. The molecule has 0 bridgehead atoms. The van der Waals surface area contributed by atoms with Gasteiger partial charge in [-0.15, -0.1) is 0 Å². The molecule has 0 heterocycles. The van der Waals surface area contributed by atoms with E-state index in [2.05, 4.69) is 31.9 Å². The van der Waals surface area contributed by atoms with E-state index in [9.17, 15) is 13.5 Å². The molecule has 2 rings (SSSR count). The quantitative estimate of drug-likeness (QED) is 0.508. The maximum Gasteiger partial charge on any atom is 0.295 e. The Balaban J connectivity index is 3.03. The zero-order valence-corrected chi connectivity index (χ0v) is 12.7. The molecule has 0 radical (unpaired) electrons. The van der Waals surface area contributed by atoms with E-state index in [1.54, 1.807) is 12.1 Å². The second kappa shape index (κ2) is 4.37. The first-order valence-corrected chi connectivity index (χ1v) is 7.62. The fraction of sp³-hybridized carbons (Fsp3) is 0. The van der Waals surface area contributed by atoms with Gasteiger partial charge < -0.3 is 10.8 Å². The topological polar surface area (TPSA) is 101 Å². The van der Waals surface area contributed by atoms with Gasteiger partial charge in [0, 0.05) is 20.9 Å². The minimum Gasteiger partial charge on any atom is -0.506 e. The highest BCUT2D eigenvalue weighted by molar-refractivity contribution is 9.11. The third-order valence-electron chi connectivity index (χ3n) is 2.44. The first-order valence-electron chi connectivity index (χ1n) is 4.60. The highest BCUT2D eigenvalue weighted by Gasteiger charge is 2.21. The van der Waals surface area contributed by atoms with Gasteiger partial charge in [0.05, 0.1) is 4.47 Å². The summed E-state index contributed by atoms with van der Waals surface area (Å²) in [6, 6.07) is 4.36. The van der Waals surface area contributed by atoms with E-state index in [-0.39, 0.29) is 10.2 Å². The average molecular weight is 397 g/mol. The number of nitrogens with two attached hydrogens (primary N) is 1. The Hall–Kier alpha value is -0.830. The van der Waals surface area contributed by atoms with E-state index >= 15 is 0 Å². The highest BCUT2D eigenvalue weighted by Crippen LogP contribution is 2.41. The molecular weight excluding hydrogens is 390 g/mol. The number of anilines is 1. The molecule has 0 aliphatic rings. The van der Waals surface area contributed by atoms with Crippen molar-refractivity contribution in [3.63, 3.8) is 0 Å². The Labute approximate surface area is 120 Å². The summed E-state index contributed by atoms with van der Waals surface area (Å²) in [6.07, 6.45) is 0. The summed E-state index contributed by atoms with van der Waals surface area (Å²) < 4.78 is 31.9. The van der Waals surface area contributed by atoms with Gasteiger partial charge in [-0.2, -0.15) is 8.42 Å². The van der Waals surface area contributed by atoms with E-state index in [0.29, 0.717) is 20.9 Å². The number of hydrogen-bond acceptors (Lipinski definition) is 4. The summed E-state index contributed by atoms with van der Waals surface area (Å²) in [5, 5.41) is 10.7. The van der Waals surface area contributed by atoms with Crippen molar-refractivity contribution in [1.29, 1.82) is 0 Å². The molecule has 0 aliphatic carbocycles. The van der Waals surface area contributed by atoms with Gasteiger partial charge in [-0.3, -0.25) is 4.55 Å². The van der Waals surface area contributed by atoms with Gasteiger partial charge >= 0.3 is 0 Å². The number of phenolic OH excluding ortho intramolecular Hbond substituents is 1. The molecule has 0 saturated heterocycles. The van der Waals surface area contributed by atoms with E-state index in [1.165, 1.54) is 6.07 Å². The van der Waals surface area contributed by atoms with Crippen LogP contribution in [0.4, 0.5) is 5.69 Å². The van der Waals surface area contributed by atoms with Gasteiger partial charge in [-0.25, -0.2) is 0 Å². The number of fused-ring (bicyclic) bond motifs is 1. The second-order valence-corrected chi connectivity index (χ2v) is 6.55. The van der Waals surface area contributed by atoms with Crippen molar-refractivity contribution in [1.82, 2.24) is 0 Å². The van der Waals surface area contributed by atoms with Crippen LogP contribution in [0, 0.1) is 0 Å². The van der Waals surface area contributed by atoms with Gasteiger partial charge in [0.25, 0.3) is 10.1 Å². The SMILES string of the molecule is Nc1ccc2c(O)c(Br)c(S(=O)(=O)O)cc2c1Br. The van der Waals surface area contributed by atoms with E-state index in [0.717, 1.165) is 0 Å². The summed E-state index contributed by atoms with van der Waals surface area (Å²) in [4.78, 5) is -0.418. The molecule has 96 valence electrons. The molecule has 5 nitrogen and oxygen atoms in total. The summed E-state index contributed by atoms with van der Waals surface area (Å²) in [6.45, 7) is 0. The summed E-state index contributed by atoms with van der Waals surface area (Å²) in [7, 11) is -4.45. The van der Waals surface area contributed by atoms with Crippen LogP contribution >= 0.6 is 31.9 Å². The van der Waals surface area contributed by atoms with Gasteiger partial charge in [-0.05, 0) is 50.1 Å². The van der Waals surface area contributed by atoms with Crippen molar-refractivity contribution in [3.8, 4) is 5.75 Å². The maximum atomic E-state index is 11.2. The molecule has 18 heavy (non-hydrogen) atoms. The Morgan fingerprint density at radius 1 is 1.11 bits per heavy atom. The van der Waals surface area contributed by atoms with Crippen LogP contribution in [0.3, 0.4) is 0 Å². The number of benzene rings is 2. The molecule has 0 fully saturated rings. The van der Waals surface area contributed by atoms with Crippen LogP contribution in [-0.2, 0) is 10.1 Å². The lowest BCUT2D eigenvalue weighted by Gasteiger charge is -2.10. The van der Waals surface area contributed by atoms with Crippen molar-refractivity contribution in [2.45, 2.75) is 4.90 Å². The van der Waals surface area contributed by atoms with E-state index in [1.807, 2.05) is 0 Å². The first-order chi connectivity index (χ1) is 8.23. The standard InChI is InChI=1S/C10H7Br2NO4S/c11-8-5-3-7(18(15,16)17)9(12)10(14)4(5)1-2-6(8)13/h1-3,14H,13H2,(H,15,16,17). The zero-order valence-electron chi connectivity index (χ0n) is 8.68. The van der Waals surface area contributed by atoms with Crippen LogP contribution in [0.25, 0.3) is 10.8 Å². The van der Waals surface area contributed by atoms with Crippen LogP contribution in [0.15, 0.2) is 32.0 Å². The van der Waals surface area contributed by atoms with Gasteiger partial charge in [0.2, 0.25) is 0 Å². The largest absolute Gasteiger partial charge is 0.506 e. The lowest BCUT2D eigenvalue weighted by atomic mass is 10.1. The van der Waals surface area contributed by atoms with Gasteiger partial charge in [0.15, 0.2) is 0 Å². The molecule has 0 spiro atoms. The number of halogens is 2. The Bertz CT molecular complexity index is 758. The number of rotatable bonds is 1. The van der Waals surface area contributed by atoms with Gasteiger partial charge in [-0.1, -0.05) is 0 Å². The Morgan fingerprint density at radius 3 is 2.28 bits per heavy atom. The predicted molar refractivity (Wildman–Crippen MR) is 75.2 cm³/mol. The monoisotopic (exact) mass is 395 g/mol. The molecule has 2 aromatic rings. The highest BCUT2D eigenvalue weighted by atomic mass is 79.9. The number of aromatic hydroxyl groups is 1. The van der Waals surface area contributed by atoms with Crippen molar-refractivity contribution >= 4 is 58.4 Å². The first kappa shape index (κ1) is 13.6. The second-order valence-electron chi connectivity index (χ2n) is 3.58. The number of hydrogen-bond donors (Lipinski definition) is 3. The van der Waals surface area contributed by atoms with Crippen LogP contribution in [-0.4, -0.2) is 18.1 Å². The van der Waals surface area contributed by atoms with Crippen molar-refractivity contribution in [3.05, 3.63) is 27.1 Å². The van der Waals surface area contributed by atoms with E-state index in [4.69, 9.17) is 10.3 Å². The van der Waals surface area contributed by atoms with E-state index < -0.39 is 15.0 Å². The molecule has 4 N–H and O–H groups in total. The van der Waals surface area contributed by atoms with Crippen LogP contribution in [0.1, 0.15) is 0 Å². The minimum atomic E-state index is -4.45. The number of nitrogen functional groups attached to an aromatic ring is 1. The van der Waals surface area contributed by atoms with Gasteiger partial charge in [0.1, 0.15) is 10.6 Å². The fourth-order valence-electron chi connectivity index (χ4n) is 1.57. The molecule has 2 aromatic carbocycles. The fourth-order valence-corrected chi connectivity index (χ4v) is 3.57. The normalized spacial score (nSPS) is 11.9. The van der Waals surface area contributed by atoms with Crippen LogP contribution in [0.2, 0.25) is 0 Å². The summed E-state index contributed by atoms with van der Waals surface area (Å²) >= 11 is 6.16. The lowest BCUT2D eigenvalue weighted by molar-refractivity contribution is 0.467. The smallest absolute Gasteiger partial charge is 0.295 e. The minimum absolute atomic E-state index is 0.0887. The molecule has 0 atom stereocenters. The molecule has 0 aliphatic heterocycles.